The quantitative estimate of drug-likeness (QED) is 0.160. The zero-order valence-corrected chi connectivity index (χ0v) is 29.7. The number of urea groups is 1. The largest absolute Gasteiger partial charge is 0.480 e. The highest BCUT2D eigenvalue weighted by molar-refractivity contribution is 7.92. The number of sulfonamides is 1. The highest BCUT2D eigenvalue weighted by atomic mass is 32.2. The second-order valence-electron chi connectivity index (χ2n) is 14.4. The minimum Gasteiger partial charge on any atom is -0.480 e. The summed E-state index contributed by atoms with van der Waals surface area (Å²) in [4.78, 5) is 40.1. The Labute approximate surface area is 281 Å². The number of carbonyl (C=O) groups is 3. The molecule has 11 heteroatoms. The molecule has 2 atom stereocenters. The summed E-state index contributed by atoms with van der Waals surface area (Å²) in [6.45, 7) is 11.8. The zero-order chi connectivity index (χ0) is 34.8. The van der Waals surface area contributed by atoms with E-state index in [0.717, 1.165) is 61.8 Å². The minimum atomic E-state index is -3.89. The molecule has 260 valence electrons. The van der Waals surface area contributed by atoms with Gasteiger partial charge in [-0.2, -0.15) is 0 Å². The summed E-state index contributed by atoms with van der Waals surface area (Å²) in [5.74, 6) is -0.621. The van der Waals surface area contributed by atoms with Crippen LogP contribution in [-0.2, 0) is 25.0 Å². The third-order valence-electron chi connectivity index (χ3n) is 8.72. The Hall–Kier alpha value is -3.60. The van der Waals surface area contributed by atoms with E-state index >= 15 is 0 Å². The van der Waals surface area contributed by atoms with Gasteiger partial charge in [0.25, 0.3) is 10.0 Å². The second kappa shape index (κ2) is 17.0. The summed E-state index contributed by atoms with van der Waals surface area (Å²) in [5, 5.41) is 15.6. The number of rotatable bonds is 15. The van der Waals surface area contributed by atoms with Crippen LogP contribution in [0.2, 0.25) is 0 Å². The van der Waals surface area contributed by atoms with Gasteiger partial charge in [-0.05, 0) is 79.0 Å². The number of benzene rings is 2. The molecule has 1 aliphatic carbocycles. The van der Waals surface area contributed by atoms with Crippen molar-refractivity contribution in [2.75, 3.05) is 16.2 Å². The molecule has 0 spiro atoms. The highest BCUT2D eigenvalue weighted by Crippen LogP contribution is 2.28. The van der Waals surface area contributed by atoms with Crippen molar-refractivity contribution in [3.63, 3.8) is 0 Å². The molecule has 1 fully saturated rings. The smallest absolute Gasteiger partial charge is 0.323 e. The maximum atomic E-state index is 13.6. The molecule has 0 bridgehead atoms. The molecule has 4 N–H and O–H groups in total. The lowest BCUT2D eigenvalue weighted by molar-refractivity contribution is -0.135. The predicted octanol–water partition coefficient (Wildman–Crippen LogP) is 7.06. The van der Waals surface area contributed by atoms with Crippen molar-refractivity contribution < 1.29 is 27.9 Å². The minimum absolute atomic E-state index is 0.0603. The number of hydrogen-bond donors (Lipinski definition) is 4. The molecular weight excluding hydrogens is 616 g/mol. The Morgan fingerprint density at radius 3 is 2.06 bits per heavy atom. The topological polar surface area (TPSA) is 145 Å². The van der Waals surface area contributed by atoms with Crippen LogP contribution in [0.15, 0.2) is 53.4 Å². The molecular formula is C36H54N4O6S. The lowest BCUT2D eigenvalue weighted by Crippen LogP contribution is -2.54. The number of carboxylic acids is 1. The third-order valence-corrected chi connectivity index (χ3v) is 10.1. The summed E-state index contributed by atoms with van der Waals surface area (Å²) < 4.78 is 28.6. The Morgan fingerprint density at radius 2 is 1.51 bits per heavy atom. The van der Waals surface area contributed by atoms with Crippen LogP contribution in [-0.4, -0.2) is 50.1 Å². The second-order valence-corrected chi connectivity index (χ2v) is 16.1. The summed E-state index contributed by atoms with van der Waals surface area (Å²) in [5.41, 5.74) is 1.39. The van der Waals surface area contributed by atoms with Crippen molar-refractivity contribution >= 4 is 39.3 Å². The van der Waals surface area contributed by atoms with E-state index in [1.165, 1.54) is 24.3 Å². The number of nitrogens with one attached hydrogen (secondary N) is 3. The van der Waals surface area contributed by atoms with Gasteiger partial charge in [0, 0.05) is 17.4 Å². The van der Waals surface area contributed by atoms with Crippen molar-refractivity contribution in [1.82, 2.24) is 10.6 Å². The molecule has 3 rings (SSSR count). The van der Waals surface area contributed by atoms with Crippen LogP contribution in [0.4, 0.5) is 16.2 Å². The molecule has 0 aromatic heterocycles. The van der Waals surface area contributed by atoms with E-state index < -0.39 is 34.6 Å². The predicted molar refractivity (Wildman–Crippen MR) is 187 cm³/mol. The maximum Gasteiger partial charge on any atom is 0.323 e. The van der Waals surface area contributed by atoms with E-state index in [4.69, 9.17) is 0 Å². The molecule has 2 aromatic carbocycles. The van der Waals surface area contributed by atoms with Crippen LogP contribution in [0.1, 0.15) is 105 Å². The van der Waals surface area contributed by atoms with Crippen molar-refractivity contribution in [3.8, 4) is 0 Å². The number of aliphatic carboxylic acids is 1. The van der Waals surface area contributed by atoms with Gasteiger partial charge in [-0.1, -0.05) is 91.7 Å². The SMILES string of the molecule is CC(C)CCCC(C)NC(=O)C(CC1CCCCC1)NC(=O)N(CC(=O)O)c1ccc(NS(=O)(=O)c2ccc(C(C)(C)C)cc2)cc1. The Bertz CT molecular complexity index is 1430. The standard InChI is InChI=1S/C36H54N4O6S/c1-25(2)11-10-12-26(3)37-34(43)32(23-27-13-8-7-9-14-27)38-35(44)40(24-33(41)42)30-19-17-29(18-20-30)39-47(45,46)31-21-15-28(16-22-31)36(4,5)6/h15-22,25-27,32,39H,7-14,23-24H2,1-6H3,(H,37,43)(H,38,44)(H,41,42). The third kappa shape index (κ3) is 12.2. The van der Waals surface area contributed by atoms with E-state index in [2.05, 4.69) is 29.2 Å². The van der Waals surface area contributed by atoms with Crippen LogP contribution < -0.4 is 20.3 Å². The first-order chi connectivity index (χ1) is 22.0. The Morgan fingerprint density at radius 1 is 0.894 bits per heavy atom. The van der Waals surface area contributed by atoms with Gasteiger partial charge in [0.05, 0.1) is 4.90 Å². The van der Waals surface area contributed by atoms with Gasteiger partial charge in [0.1, 0.15) is 12.6 Å². The van der Waals surface area contributed by atoms with E-state index in [-0.39, 0.29) is 33.6 Å². The zero-order valence-electron chi connectivity index (χ0n) is 28.8. The molecule has 1 aliphatic rings. The molecule has 2 unspecified atom stereocenters. The average molecular weight is 671 g/mol. The van der Waals surface area contributed by atoms with Gasteiger partial charge in [0.2, 0.25) is 5.91 Å². The van der Waals surface area contributed by atoms with Crippen LogP contribution >= 0.6 is 0 Å². The Kier molecular flexibility index (Phi) is 13.7. The van der Waals surface area contributed by atoms with Crippen molar-refractivity contribution in [1.29, 1.82) is 0 Å². The van der Waals surface area contributed by atoms with Gasteiger partial charge < -0.3 is 15.7 Å². The number of carbonyl (C=O) groups excluding carboxylic acids is 2. The first kappa shape index (κ1) is 37.9. The van der Waals surface area contributed by atoms with Crippen LogP contribution in [0.5, 0.6) is 0 Å². The Balaban J connectivity index is 1.75. The van der Waals surface area contributed by atoms with E-state index in [9.17, 15) is 27.9 Å². The average Bonchev–Trinajstić information content (AvgIpc) is 2.99. The monoisotopic (exact) mass is 670 g/mol. The fraction of sp³-hybridized carbons (Fsp3) is 0.583. The molecule has 0 aliphatic heterocycles. The summed E-state index contributed by atoms with van der Waals surface area (Å²) >= 11 is 0. The van der Waals surface area contributed by atoms with Crippen molar-refractivity contribution in [2.45, 2.75) is 122 Å². The number of anilines is 2. The number of nitrogens with zero attached hydrogens (tertiary/aromatic N) is 1. The number of carboxylic acid groups (broad SMARTS) is 1. The van der Waals surface area contributed by atoms with Gasteiger partial charge >= 0.3 is 12.0 Å². The van der Waals surface area contributed by atoms with Gasteiger partial charge in [-0.15, -0.1) is 0 Å². The van der Waals surface area contributed by atoms with Crippen LogP contribution in [0, 0.1) is 11.8 Å². The summed E-state index contributed by atoms with van der Waals surface area (Å²) in [7, 11) is -3.89. The molecule has 10 nitrogen and oxygen atoms in total. The molecule has 47 heavy (non-hydrogen) atoms. The molecule has 1 saturated carbocycles. The van der Waals surface area contributed by atoms with Crippen LogP contribution in [0.25, 0.3) is 0 Å². The molecule has 2 aromatic rings. The molecule has 3 amide bonds. The first-order valence-corrected chi connectivity index (χ1v) is 18.4. The number of hydrogen-bond acceptors (Lipinski definition) is 5. The number of amides is 3. The lowest BCUT2D eigenvalue weighted by atomic mass is 9.84. The van der Waals surface area contributed by atoms with Gasteiger partial charge in [0.15, 0.2) is 0 Å². The van der Waals surface area contributed by atoms with Gasteiger partial charge in [-0.25, -0.2) is 13.2 Å². The summed E-state index contributed by atoms with van der Waals surface area (Å²) in [6, 6.07) is 11.0. The van der Waals surface area contributed by atoms with E-state index in [0.29, 0.717) is 18.3 Å². The maximum absolute atomic E-state index is 13.6. The fourth-order valence-corrected chi connectivity index (χ4v) is 6.99. The van der Waals surface area contributed by atoms with E-state index in [1.807, 2.05) is 27.7 Å². The van der Waals surface area contributed by atoms with Crippen molar-refractivity contribution in [3.05, 3.63) is 54.1 Å². The van der Waals surface area contributed by atoms with Gasteiger partial charge in [-0.3, -0.25) is 19.2 Å². The molecule has 0 radical (unpaired) electrons. The lowest BCUT2D eigenvalue weighted by Gasteiger charge is -2.30. The van der Waals surface area contributed by atoms with Crippen LogP contribution in [0.3, 0.4) is 0 Å². The molecule has 0 heterocycles. The summed E-state index contributed by atoms with van der Waals surface area (Å²) in [6.07, 6.45) is 8.67. The highest BCUT2D eigenvalue weighted by Gasteiger charge is 2.30. The van der Waals surface area contributed by atoms with E-state index in [1.54, 1.807) is 24.3 Å². The molecule has 0 saturated heterocycles. The first-order valence-electron chi connectivity index (χ1n) is 16.9. The normalized spacial score (nSPS) is 15.5. The fourth-order valence-electron chi connectivity index (χ4n) is 5.94. The van der Waals surface area contributed by atoms with Crippen molar-refractivity contribution in [2.24, 2.45) is 11.8 Å².